The van der Waals surface area contributed by atoms with Crippen LogP contribution in [-0.4, -0.2) is 23.2 Å². The minimum atomic E-state index is -3.20. The van der Waals surface area contributed by atoms with E-state index >= 15 is 0 Å². The predicted molar refractivity (Wildman–Crippen MR) is 132 cm³/mol. The molecule has 0 saturated carbocycles. The molecule has 0 amide bonds. The molecule has 9 heteroatoms. The van der Waals surface area contributed by atoms with Crippen molar-refractivity contribution in [3.63, 3.8) is 0 Å². The summed E-state index contributed by atoms with van der Waals surface area (Å²) in [7, 11) is 0. The molecule has 0 aliphatic carbocycles. The van der Waals surface area contributed by atoms with Crippen LogP contribution in [0.2, 0.25) is 0 Å². The van der Waals surface area contributed by atoms with Gasteiger partial charge >= 0.3 is 13.2 Å². The highest BCUT2D eigenvalue weighted by Crippen LogP contribution is 2.37. The van der Waals surface area contributed by atoms with Gasteiger partial charge in [-0.05, 0) is 65.9 Å². The van der Waals surface area contributed by atoms with Crippen LogP contribution in [0, 0.1) is 0 Å². The zero-order chi connectivity index (χ0) is 26.2. The van der Waals surface area contributed by atoms with E-state index in [-0.39, 0.29) is 12.0 Å². The number of aromatic nitrogens is 2. The van der Waals surface area contributed by atoms with Gasteiger partial charge in [0.2, 0.25) is 0 Å². The highest BCUT2D eigenvalue weighted by molar-refractivity contribution is 5.48. The number of alkyl halides is 4. The molecule has 0 radical (unpaired) electrons. The van der Waals surface area contributed by atoms with Crippen molar-refractivity contribution in [1.82, 2.24) is 9.97 Å². The Morgan fingerprint density at radius 3 is 2.08 bits per heavy atom. The Labute approximate surface area is 212 Å². The lowest BCUT2D eigenvalue weighted by atomic mass is 9.87. The third-order valence-electron chi connectivity index (χ3n) is 5.84. The maximum atomic E-state index is 13.0. The lowest BCUT2D eigenvalue weighted by Gasteiger charge is -2.21. The number of rotatable bonds is 11. The summed E-state index contributed by atoms with van der Waals surface area (Å²) >= 11 is 0. The lowest BCUT2D eigenvalue weighted by Crippen LogP contribution is -2.11. The number of nitrogens with zero attached hydrogens (tertiary/aromatic N) is 2. The second kappa shape index (κ2) is 12.2. The Hall–Kier alpha value is -4.14. The molecule has 2 atom stereocenters. The molecule has 0 saturated heterocycles. The summed E-state index contributed by atoms with van der Waals surface area (Å²) in [6.45, 7) is -4.35. The molecular formula is C28H25F4N3O2. The number of benzene rings is 2. The molecule has 37 heavy (non-hydrogen) atoms. The molecule has 0 spiro atoms. The highest BCUT2D eigenvalue weighted by atomic mass is 19.3. The zero-order valence-electron chi connectivity index (χ0n) is 19.9. The van der Waals surface area contributed by atoms with Crippen LogP contribution in [0.15, 0.2) is 91.4 Å². The summed E-state index contributed by atoms with van der Waals surface area (Å²) in [5.41, 5.74) is 3.44. The van der Waals surface area contributed by atoms with Gasteiger partial charge < -0.3 is 14.8 Å². The van der Waals surface area contributed by atoms with E-state index in [1.165, 1.54) is 12.1 Å². The number of pyridine rings is 2. The summed E-state index contributed by atoms with van der Waals surface area (Å²) < 4.78 is 60.5. The van der Waals surface area contributed by atoms with E-state index in [9.17, 15) is 17.6 Å². The maximum absolute atomic E-state index is 13.0. The van der Waals surface area contributed by atoms with Crippen molar-refractivity contribution in [2.75, 3.05) is 5.32 Å². The zero-order valence-corrected chi connectivity index (χ0v) is 19.9. The monoisotopic (exact) mass is 511 g/mol. The third-order valence-corrected chi connectivity index (χ3v) is 5.84. The van der Waals surface area contributed by atoms with Gasteiger partial charge in [-0.2, -0.15) is 17.6 Å². The smallest absolute Gasteiger partial charge is 0.387 e. The Balaban J connectivity index is 1.64. The van der Waals surface area contributed by atoms with Gasteiger partial charge in [-0.3, -0.25) is 4.98 Å². The Bertz CT molecular complexity index is 1260. The summed E-state index contributed by atoms with van der Waals surface area (Å²) in [5.74, 6) is -0.592. The second-order valence-corrected chi connectivity index (χ2v) is 8.33. The average molecular weight is 512 g/mol. The summed E-state index contributed by atoms with van der Waals surface area (Å²) in [4.78, 5) is 8.60. The molecule has 0 aliphatic heterocycles. The van der Waals surface area contributed by atoms with Crippen molar-refractivity contribution < 1.29 is 27.0 Å². The van der Waals surface area contributed by atoms with E-state index in [0.717, 1.165) is 16.7 Å². The molecule has 4 aromatic rings. The predicted octanol–water partition coefficient (Wildman–Crippen LogP) is 7.23. The van der Waals surface area contributed by atoms with Crippen LogP contribution < -0.4 is 14.8 Å². The number of ether oxygens (including phenoxy) is 2. The fourth-order valence-electron chi connectivity index (χ4n) is 4.05. The molecular weight excluding hydrogens is 486 g/mol. The van der Waals surface area contributed by atoms with Gasteiger partial charge in [-0.1, -0.05) is 42.5 Å². The minimum absolute atomic E-state index is 0.0311. The van der Waals surface area contributed by atoms with Crippen LogP contribution in [0.25, 0.3) is 0 Å². The quantitative estimate of drug-likeness (QED) is 0.215. The van der Waals surface area contributed by atoms with E-state index < -0.39 is 24.7 Å². The van der Waals surface area contributed by atoms with Crippen LogP contribution in [-0.2, 0) is 6.42 Å². The molecule has 2 aromatic carbocycles. The SMILES string of the molecule is CC(Nc1ccc(C(Cc2ccncc2)c2ccc(OC(F)F)c(OC(F)F)c2)cn1)c1ccccc1. The van der Waals surface area contributed by atoms with E-state index in [0.29, 0.717) is 17.8 Å². The fraction of sp³-hybridized carbons (Fsp3) is 0.214. The van der Waals surface area contributed by atoms with Crippen LogP contribution in [0.1, 0.15) is 41.1 Å². The van der Waals surface area contributed by atoms with Gasteiger partial charge in [-0.25, -0.2) is 4.98 Å². The first-order chi connectivity index (χ1) is 17.9. The molecule has 1 N–H and O–H groups in total. The van der Waals surface area contributed by atoms with Crippen molar-refractivity contribution in [2.24, 2.45) is 0 Å². The Morgan fingerprint density at radius 2 is 1.43 bits per heavy atom. The molecule has 0 fully saturated rings. The number of hydrogen-bond donors (Lipinski definition) is 1. The first-order valence-corrected chi connectivity index (χ1v) is 11.6. The van der Waals surface area contributed by atoms with Gasteiger partial charge in [0.1, 0.15) is 5.82 Å². The third kappa shape index (κ3) is 7.19. The lowest BCUT2D eigenvalue weighted by molar-refractivity contribution is -0.0692. The van der Waals surface area contributed by atoms with E-state index in [1.54, 1.807) is 24.7 Å². The van der Waals surface area contributed by atoms with Crippen molar-refractivity contribution >= 4 is 5.82 Å². The first-order valence-electron chi connectivity index (χ1n) is 11.6. The topological polar surface area (TPSA) is 56.3 Å². The van der Waals surface area contributed by atoms with E-state index in [2.05, 4.69) is 24.8 Å². The van der Waals surface area contributed by atoms with Gasteiger partial charge in [0, 0.05) is 30.6 Å². The van der Waals surface area contributed by atoms with Crippen LogP contribution in [0.5, 0.6) is 11.5 Å². The van der Waals surface area contributed by atoms with Crippen molar-refractivity contribution in [1.29, 1.82) is 0 Å². The molecule has 0 bridgehead atoms. The van der Waals surface area contributed by atoms with Gasteiger partial charge in [0.15, 0.2) is 11.5 Å². The van der Waals surface area contributed by atoms with Gasteiger partial charge in [0.05, 0.1) is 0 Å². The van der Waals surface area contributed by atoms with Crippen molar-refractivity contribution in [3.8, 4) is 11.5 Å². The Kier molecular flexibility index (Phi) is 8.56. The highest BCUT2D eigenvalue weighted by Gasteiger charge is 2.21. The van der Waals surface area contributed by atoms with Crippen molar-refractivity contribution in [3.05, 3.63) is 114 Å². The minimum Gasteiger partial charge on any atom is -0.431 e. The van der Waals surface area contributed by atoms with Gasteiger partial charge in [-0.15, -0.1) is 0 Å². The summed E-state index contributed by atoms with van der Waals surface area (Å²) in [6, 6.07) is 21.5. The molecule has 192 valence electrons. The van der Waals surface area contributed by atoms with Crippen LogP contribution in [0.4, 0.5) is 23.4 Å². The number of nitrogens with one attached hydrogen (secondary N) is 1. The average Bonchev–Trinajstić information content (AvgIpc) is 2.89. The second-order valence-electron chi connectivity index (χ2n) is 8.33. The molecule has 5 nitrogen and oxygen atoms in total. The summed E-state index contributed by atoms with van der Waals surface area (Å²) in [6.07, 6.45) is 5.52. The number of anilines is 1. The van der Waals surface area contributed by atoms with Crippen molar-refractivity contribution in [2.45, 2.75) is 38.5 Å². The molecule has 2 heterocycles. The summed E-state index contributed by atoms with van der Waals surface area (Å²) in [5, 5.41) is 3.36. The maximum Gasteiger partial charge on any atom is 0.387 e. The van der Waals surface area contributed by atoms with Crippen LogP contribution in [0.3, 0.4) is 0 Å². The number of halogens is 4. The van der Waals surface area contributed by atoms with E-state index in [1.807, 2.05) is 61.5 Å². The molecule has 0 aliphatic rings. The number of hydrogen-bond acceptors (Lipinski definition) is 5. The Morgan fingerprint density at radius 1 is 0.757 bits per heavy atom. The van der Waals surface area contributed by atoms with Crippen LogP contribution >= 0.6 is 0 Å². The standard InChI is InChI=1S/C28H25F4N3O2/c1-18(20-5-3-2-4-6-20)35-26-10-8-22(17-34-26)23(15-19-11-13-33-14-12-19)21-7-9-24(36-27(29)30)25(16-21)37-28(31)32/h2-14,16-18,23,27-28H,15H2,1H3,(H,34,35). The first kappa shape index (κ1) is 25.9. The van der Waals surface area contributed by atoms with E-state index in [4.69, 9.17) is 0 Å². The largest absolute Gasteiger partial charge is 0.431 e. The molecule has 2 aromatic heterocycles. The van der Waals surface area contributed by atoms with Gasteiger partial charge in [0.25, 0.3) is 0 Å². The molecule has 4 rings (SSSR count). The fourth-order valence-corrected chi connectivity index (χ4v) is 4.05. The molecule has 2 unspecified atom stereocenters. The normalized spacial score (nSPS) is 12.8.